The van der Waals surface area contributed by atoms with Gasteiger partial charge in [-0.3, -0.25) is 0 Å². The third kappa shape index (κ3) is 13.4. The maximum atomic E-state index is 10.1. The van der Waals surface area contributed by atoms with Crippen molar-refractivity contribution in [3.8, 4) is 0 Å². The third-order valence-electron chi connectivity index (χ3n) is 2.75. The van der Waals surface area contributed by atoms with Gasteiger partial charge in [0.15, 0.2) is 0 Å². The Morgan fingerprint density at radius 1 is 0.786 bits per heavy atom. The summed E-state index contributed by atoms with van der Waals surface area (Å²) in [6.45, 7) is -0.863. The molecule has 6 N–H and O–H groups in total. The number of carboxylic acid groups (broad SMARTS) is 4. The largest absolute Gasteiger partial charge is 2.00 e. The minimum atomic E-state index is -2.97. The summed E-state index contributed by atoms with van der Waals surface area (Å²) >= 11 is 0. The second-order valence-electron chi connectivity index (χ2n) is 4.91. The van der Waals surface area contributed by atoms with E-state index in [1.165, 1.54) is 0 Å². The zero-order valence-electron chi connectivity index (χ0n) is 14.3. The predicted molar refractivity (Wildman–Crippen MR) is 76.8 cm³/mol. The molecule has 16 heteroatoms. The zero-order chi connectivity index (χ0) is 21.2. The number of aliphatic hydroxyl groups excluding tert-OH is 5. The number of aliphatic hydroxyl groups is 6. The molecule has 0 aromatic carbocycles. The summed E-state index contributed by atoms with van der Waals surface area (Å²) in [4.78, 5) is 40.0. The van der Waals surface area contributed by atoms with Crippen LogP contribution in [0, 0.1) is 0 Å². The first-order valence-corrected chi connectivity index (χ1v) is 6.57. The van der Waals surface area contributed by atoms with Gasteiger partial charge in [-0.2, -0.15) is 0 Å². The molecule has 4 atom stereocenters. The molecule has 14 nitrogen and oxygen atoms in total. The van der Waals surface area contributed by atoms with E-state index >= 15 is 0 Å². The van der Waals surface area contributed by atoms with Crippen LogP contribution in [0.2, 0.25) is 0 Å². The Morgan fingerprint density at radius 2 is 1.14 bits per heavy atom. The van der Waals surface area contributed by atoms with Gasteiger partial charge in [-0.15, -0.1) is 0 Å². The van der Waals surface area contributed by atoms with Crippen LogP contribution in [0.5, 0.6) is 0 Å². The zero-order valence-corrected chi connectivity index (χ0v) is 17.1. The number of hydrogen-bond donors (Lipinski definition) is 6. The number of hydrogen-bond acceptors (Lipinski definition) is 14. The Hall–Kier alpha value is -0.828. The normalized spacial score (nSPS) is 14.5. The molecule has 0 radical (unpaired) electrons. The van der Waals surface area contributed by atoms with Gasteiger partial charge in [0.25, 0.3) is 0 Å². The number of carbonyl (C=O) groups is 4. The molecule has 0 aromatic heterocycles. The van der Waals surface area contributed by atoms with Crippen LogP contribution in [0.4, 0.5) is 0 Å². The van der Waals surface area contributed by atoms with Crippen LogP contribution in [0.3, 0.4) is 0 Å². The summed E-state index contributed by atoms with van der Waals surface area (Å²) in [6, 6.07) is 0. The minimum Gasteiger partial charge on any atom is -0.550 e. The quantitative estimate of drug-likeness (QED) is 0.175. The molecule has 0 saturated carbocycles. The molecule has 0 saturated heterocycles. The van der Waals surface area contributed by atoms with E-state index in [1.54, 1.807) is 0 Å². The molecule has 28 heavy (non-hydrogen) atoms. The van der Waals surface area contributed by atoms with E-state index in [2.05, 4.69) is 0 Å². The van der Waals surface area contributed by atoms with Crippen LogP contribution < -0.4 is 20.4 Å². The Balaban J connectivity index is -0.000000192. The van der Waals surface area contributed by atoms with Gasteiger partial charge in [0.1, 0.15) is 30.0 Å². The second-order valence-corrected chi connectivity index (χ2v) is 4.91. The SMILES string of the molecule is O=C([O-])C(O)C(O)C(O)C(O)CO.O=C([O-])CC(O)(CC(=O)[O-])C(=O)[O-].[Mg+2].[Mg+2]. The Kier molecular flexibility index (Phi) is 19.8. The van der Waals surface area contributed by atoms with Crippen molar-refractivity contribution in [1.29, 1.82) is 0 Å². The van der Waals surface area contributed by atoms with Crippen molar-refractivity contribution in [2.24, 2.45) is 0 Å². The van der Waals surface area contributed by atoms with E-state index in [0.717, 1.165) is 0 Å². The minimum absolute atomic E-state index is 0. The summed E-state index contributed by atoms with van der Waals surface area (Å²) in [5.74, 6) is -7.96. The van der Waals surface area contributed by atoms with Gasteiger partial charge in [0.2, 0.25) is 0 Å². The van der Waals surface area contributed by atoms with Crippen LogP contribution in [0.15, 0.2) is 0 Å². The average Bonchev–Trinajstić information content (AvgIpc) is 2.50. The summed E-state index contributed by atoms with van der Waals surface area (Å²) in [5.41, 5.74) is -2.97. The van der Waals surface area contributed by atoms with E-state index in [-0.39, 0.29) is 46.1 Å². The van der Waals surface area contributed by atoms with Crippen molar-refractivity contribution in [3.05, 3.63) is 0 Å². The van der Waals surface area contributed by atoms with Crippen molar-refractivity contribution < 1.29 is 70.2 Å². The first-order valence-electron chi connectivity index (χ1n) is 6.57. The van der Waals surface area contributed by atoms with Crippen molar-refractivity contribution in [1.82, 2.24) is 0 Å². The average molecular weight is 433 g/mol. The van der Waals surface area contributed by atoms with Gasteiger partial charge in [-0.25, -0.2) is 0 Å². The molecular weight excluding hydrogens is 417 g/mol. The third-order valence-corrected chi connectivity index (χ3v) is 2.75. The molecule has 0 rings (SSSR count). The van der Waals surface area contributed by atoms with Gasteiger partial charge in [-0.1, -0.05) is 0 Å². The number of rotatable bonds is 10. The van der Waals surface area contributed by atoms with Crippen molar-refractivity contribution in [2.45, 2.75) is 42.9 Å². The van der Waals surface area contributed by atoms with E-state index in [4.69, 9.17) is 30.6 Å². The first-order chi connectivity index (χ1) is 11.7. The summed E-state index contributed by atoms with van der Waals surface area (Å²) in [6.07, 6.45) is -10.8. The van der Waals surface area contributed by atoms with Crippen LogP contribution in [-0.2, 0) is 19.2 Å². The standard InChI is InChI=1S/C6H8O7.C6H12O7.2Mg/c7-3(8)1-6(13,5(11)12)2-4(9)10;7-1-2(8)3(9)4(10)5(11)6(12)13;;/h13H,1-2H2,(H,7,8)(H,9,10)(H,11,12);2-5,7-11H,1H2,(H,12,13);;/q;;2*+2/p-4. The molecule has 0 aromatic rings. The number of aliphatic carboxylic acids is 4. The summed E-state index contributed by atoms with van der Waals surface area (Å²) < 4.78 is 0. The fraction of sp³-hybridized carbons (Fsp3) is 0.667. The van der Waals surface area contributed by atoms with Crippen LogP contribution >= 0.6 is 0 Å². The van der Waals surface area contributed by atoms with E-state index in [0.29, 0.717) is 0 Å². The smallest absolute Gasteiger partial charge is 0.550 e. The Bertz CT molecular complexity index is 497. The maximum absolute atomic E-state index is 10.1. The molecule has 0 fully saturated rings. The van der Waals surface area contributed by atoms with Crippen LogP contribution in [-0.4, -0.2) is 137 Å². The molecule has 0 aliphatic heterocycles. The van der Waals surface area contributed by atoms with E-state index in [9.17, 15) is 39.6 Å². The molecular formula is C12H16Mg2O14. The van der Waals surface area contributed by atoms with Crippen molar-refractivity contribution >= 4 is 70.0 Å². The number of carbonyl (C=O) groups excluding carboxylic acids is 4. The molecule has 0 spiro atoms. The predicted octanol–water partition coefficient (Wildman–Crippen LogP) is -10.8. The van der Waals surface area contributed by atoms with Crippen LogP contribution in [0.1, 0.15) is 12.8 Å². The summed E-state index contributed by atoms with van der Waals surface area (Å²) in [5, 5.41) is 92.4. The molecule has 0 aliphatic carbocycles. The van der Waals surface area contributed by atoms with Gasteiger partial charge in [0, 0.05) is 24.8 Å². The van der Waals surface area contributed by atoms with Gasteiger partial charge >= 0.3 is 46.1 Å². The molecule has 0 heterocycles. The van der Waals surface area contributed by atoms with Crippen molar-refractivity contribution in [3.63, 3.8) is 0 Å². The fourth-order valence-electron chi connectivity index (χ4n) is 1.35. The summed E-state index contributed by atoms with van der Waals surface area (Å²) in [7, 11) is 0. The van der Waals surface area contributed by atoms with Gasteiger partial charge in [-0.05, 0) is 0 Å². The molecule has 4 unspecified atom stereocenters. The Morgan fingerprint density at radius 3 is 1.36 bits per heavy atom. The Labute approximate surface area is 189 Å². The van der Waals surface area contributed by atoms with Gasteiger partial charge in [0.05, 0.1) is 18.5 Å². The molecule has 0 aliphatic rings. The second kappa shape index (κ2) is 16.0. The van der Waals surface area contributed by atoms with E-state index in [1.807, 2.05) is 0 Å². The molecule has 152 valence electrons. The van der Waals surface area contributed by atoms with Gasteiger partial charge < -0.3 is 70.2 Å². The molecule has 0 bridgehead atoms. The van der Waals surface area contributed by atoms with Crippen molar-refractivity contribution in [2.75, 3.05) is 6.61 Å². The first kappa shape index (κ1) is 34.7. The fourth-order valence-corrected chi connectivity index (χ4v) is 1.35. The maximum Gasteiger partial charge on any atom is 2.00 e. The number of carboxylic acids is 4. The van der Waals surface area contributed by atoms with E-state index < -0.39 is 73.3 Å². The topological polar surface area (TPSA) is 282 Å². The van der Waals surface area contributed by atoms with Crippen LogP contribution in [0.25, 0.3) is 0 Å². The monoisotopic (exact) mass is 432 g/mol. The molecule has 0 amide bonds.